The molecule has 24 heavy (non-hydrogen) atoms. The van der Waals surface area contributed by atoms with E-state index in [0.29, 0.717) is 13.1 Å². The number of carbonyl (C=O) groups is 1. The van der Waals surface area contributed by atoms with Crippen molar-refractivity contribution in [2.24, 2.45) is 7.05 Å². The minimum atomic E-state index is -0.0834. The smallest absolute Gasteiger partial charge is 0.341 e. The van der Waals surface area contributed by atoms with Crippen molar-refractivity contribution < 1.29 is 4.79 Å². The average molecular weight is 332 g/mol. The molecule has 1 aliphatic rings. The molecule has 8 nitrogen and oxygen atoms in total. The van der Waals surface area contributed by atoms with Gasteiger partial charge in [0.15, 0.2) is 0 Å². The van der Waals surface area contributed by atoms with Gasteiger partial charge < -0.3 is 4.90 Å². The molecule has 0 saturated carbocycles. The predicted molar refractivity (Wildman–Crippen MR) is 88.8 cm³/mol. The fourth-order valence-corrected chi connectivity index (χ4v) is 3.46. The number of aryl methyl sites for hydroxylation is 4. The number of piperidine rings is 1. The third kappa shape index (κ3) is 3.00. The van der Waals surface area contributed by atoms with Crippen molar-refractivity contribution in [2.45, 2.75) is 46.2 Å². The Morgan fingerprint density at radius 3 is 2.38 bits per heavy atom. The standard InChI is InChI=1S/C16H24N6O2/c1-11-9-12(2)21(17-11)10-15(23)20-7-5-14(6-8-20)22-13(3)18-19(4)16(22)24/h9,14H,5-8,10H2,1-4H3. The largest absolute Gasteiger partial charge is 0.345 e. The topological polar surface area (TPSA) is 78.0 Å². The molecule has 0 bridgehead atoms. The van der Waals surface area contributed by atoms with E-state index in [4.69, 9.17) is 0 Å². The normalized spacial score (nSPS) is 15.9. The second kappa shape index (κ2) is 6.26. The fraction of sp³-hybridized carbons (Fsp3) is 0.625. The average Bonchev–Trinajstić information content (AvgIpc) is 2.98. The highest BCUT2D eigenvalue weighted by molar-refractivity contribution is 5.76. The molecular formula is C16H24N6O2. The Balaban J connectivity index is 1.63. The van der Waals surface area contributed by atoms with E-state index < -0.39 is 0 Å². The first-order valence-corrected chi connectivity index (χ1v) is 8.27. The number of likely N-dealkylation sites (tertiary alicyclic amines) is 1. The van der Waals surface area contributed by atoms with E-state index in [-0.39, 0.29) is 24.2 Å². The van der Waals surface area contributed by atoms with Crippen LogP contribution in [-0.2, 0) is 18.4 Å². The van der Waals surface area contributed by atoms with E-state index in [0.717, 1.165) is 30.1 Å². The molecule has 0 atom stereocenters. The summed E-state index contributed by atoms with van der Waals surface area (Å²) in [6, 6.07) is 2.08. The molecule has 130 valence electrons. The van der Waals surface area contributed by atoms with Crippen LogP contribution >= 0.6 is 0 Å². The molecule has 2 aromatic rings. The summed E-state index contributed by atoms with van der Waals surface area (Å²) in [6.45, 7) is 7.32. The van der Waals surface area contributed by atoms with Gasteiger partial charge >= 0.3 is 5.69 Å². The minimum Gasteiger partial charge on any atom is -0.341 e. The molecule has 3 rings (SSSR count). The van der Waals surface area contributed by atoms with Crippen LogP contribution in [0.3, 0.4) is 0 Å². The molecule has 0 unspecified atom stereocenters. The van der Waals surface area contributed by atoms with Crippen molar-refractivity contribution in [2.75, 3.05) is 13.1 Å². The van der Waals surface area contributed by atoms with E-state index in [1.165, 1.54) is 4.68 Å². The van der Waals surface area contributed by atoms with Crippen LogP contribution in [-0.4, -0.2) is 48.0 Å². The first-order chi connectivity index (χ1) is 11.4. The van der Waals surface area contributed by atoms with Crippen LogP contribution in [0.25, 0.3) is 0 Å². The van der Waals surface area contributed by atoms with E-state index >= 15 is 0 Å². The van der Waals surface area contributed by atoms with Gasteiger partial charge in [-0.3, -0.25) is 14.0 Å². The molecule has 0 aromatic carbocycles. The number of amides is 1. The predicted octanol–water partition coefficient (Wildman–Crippen LogP) is 0.567. The molecule has 0 aliphatic carbocycles. The van der Waals surface area contributed by atoms with Gasteiger partial charge in [0.2, 0.25) is 5.91 Å². The van der Waals surface area contributed by atoms with E-state index in [1.54, 1.807) is 16.3 Å². The molecule has 0 N–H and O–H groups in total. The SMILES string of the molecule is Cc1cc(C)n(CC(=O)N2CCC(n3c(C)nn(C)c3=O)CC2)n1. The number of hydrogen-bond donors (Lipinski definition) is 0. The Kier molecular flexibility index (Phi) is 4.29. The Bertz CT molecular complexity index is 807. The summed E-state index contributed by atoms with van der Waals surface area (Å²) in [5.74, 6) is 0.810. The molecule has 0 spiro atoms. The zero-order chi connectivity index (χ0) is 17.4. The van der Waals surface area contributed by atoms with E-state index in [2.05, 4.69) is 10.2 Å². The van der Waals surface area contributed by atoms with E-state index in [9.17, 15) is 9.59 Å². The number of hydrogen-bond acceptors (Lipinski definition) is 4. The maximum atomic E-state index is 12.5. The van der Waals surface area contributed by atoms with Gasteiger partial charge in [-0.05, 0) is 39.7 Å². The number of nitrogens with zero attached hydrogens (tertiary/aromatic N) is 6. The Labute approximate surface area is 140 Å². The lowest BCUT2D eigenvalue weighted by atomic mass is 10.0. The summed E-state index contributed by atoms with van der Waals surface area (Å²) in [5.41, 5.74) is 1.83. The summed E-state index contributed by atoms with van der Waals surface area (Å²) in [4.78, 5) is 26.5. The number of carbonyl (C=O) groups excluding carboxylic acids is 1. The quantitative estimate of drug-likeness (QED) is 0.823. The Morgan fingerprint density at radius 1 is 1.21 bits per heavy atom. The van der Waals surface area contributed by atoms with Gasteiger partial charge in [0, 0.05) is 31.9 Å². The maximum Gasteiger partial charge on any atom is 0.345 e. The third-order valence-corrected chi connectivity index (χ3v) is 4.70. The maximum absolute atomic E-state index is 12.5. The summed E-state index contributed by atoms with van der Waals surface area (Å²) in [7, 11) is 1.67. The molecular weight excluding hydrogens is 308 g/mol. The molecule has 1 fully saturated rings. The molecule has 0 radical (unpaired) electrons. The Hall–Kier alpha value is -2.38. The molecule has 8 heteroatoms. The van der Waals surface area contributed by atoms with Crippen LogP contribution in [0.2, 0.25) is 0 Å². The zero-order valence-electron chi connectivity index (χ0n) is 14.7. The highest BCUT2D eigenvalue weighted by Crippen LogP contribution is 2.22. The van der Waals surface area contributed by atoms with Crippen molar-refractivity contribution >= 4 is 5.91 Å². The second-order valence-electron chi connectivity index (χ2n) is 6.52. The lowest BCUT2D eigenvalue weighted by Gasteiger charge is -2.32. The lowest BCUT2D eigenvalue weighted by molar-refractivity contribution is -0.133. The summed E-state index contributed by atoms with van der Waals surface area (Å²) in [6.07, 6.45) is 1.55. The fourth-order valence-electron chi connectivity index (χ4n) is 3.46. The highest BCUT2D eigenvalue weighted by atomic mass is 16.2. The van der Waals surface area contributed by atoms with Gasteiger partial charge in [0.05, 0.1) is 5.69 Å². The molecule has 1 saturated heterocycles. The lowest BCUT2D eigenvalue weighted by Crippen LogP contribution is -2.42. The molecule has 1 aliphatic heterocycles. The van der Waals surface area contributed by atoms with Crippen LogP contribution in [0.5, 0.6) is 0 Å². The Morgan fingerprint density at radius 2 is 1.88 bits per heavy atom. The van der Waals surface area contributed by atoms with Crippen molar-refractivity contribution in [1.82, 2.24) is 29.0 Å². The summed E-state index contributed by atoms with van der Waals surface area (Å²) >= 11 is 0. The second-order valence-corrected chi connectivity index (χ2v) is 6.52. The van der Waals surface area contributed by atoms with Gasteiger partial charge in [0.25, 0.3) is 0 Å². The van der Waals surface area contributed by atoms with Gasteiger partial charge in [0.1, 0.15) is 12.4 Å². The van der Waals surface area contributed by atoms with E-state index in [1.807, 2.05) is 31.7 Å². The molecule has 3 heterocycles. The van der Waals surface area contributed by atoms with Gasteiger partial charge in [-0.2, -0.15) is 10.2 Å². The van der Waals surface area contributed by atoms with Crippen molar-refractivity contribution in [1.29, 1.82) is 0 Å². The first-order valence-electron chi connectivity index (χ1n) is 8.27. The van der Waals surface area contributed by atoms with Crippen LogP contribution in [0.4, 0.5) is 0 Å². The number of rotatable bonds is 3. The van der Waals surface area contributed by atoms with Gasteiger partial charge in [-0.25, -0.2) is 9.48 Å². The number of aromatic nitrogens is 5. The molecule has 2 aromatic heterocycles. The van der Waals surface area contributed by atoms with Gasteiger partial charge in [-0.1, -0.05) is 0 Å². The first kappa shape index (κ1) is 16.5. The monoisotopic (exact) mass is 332 g/mol. The van der Waals surface area contributed by atoms with Crippen LogP contribution in [0.15, 0.2) is 10.9 Å². The minimum absolute atomic E-state index is 0.0786. The summed E-state index contributed by atoms with van der Waals surface area (Å²) < 4.78 is 4.87. The molecule has 1 amide bonds. The highest BCUT2D eigenvalue weighted by Gasteiger charge is 2.26. The van der Waals surface area contributed by atoms with Crippen molar-refractivity contribution in [3.8, 4) is 0 Å². The van der Waals surface area contributed by atoms with Crippen molar-refractivity contribution in [3.05, 3.63) is 33.8 Å². The van der Waals surface area contributed by atoms with Crippen LogP contribution < -0.4 is 5.69 Å². The van der Waals surface area contributed by atoms with Crippen LogP contribution in [0.1, 0.15) is 36.1 Å². The van der Waals surface area contributed by atoms with Gasteiger partial charge in [-0.15, -0.1) is 0 Å². The van der Waals surface area contributed by atoms with Crippen LogP contribution in [0, 0.1) is 20.8 Å². The third-order valence-electron chi connectivity index (χ3n) is 4.70. The zero-order valence-corrected chi connectivity index (χ0v) is 14.7. The van der Waals surface area contributed by atoms with Crippen molar-refractivity contribution in [3.63, 3.8) is 0 Å². The summed E-state index contributed by atoms with van der Waals surface area (Å²) in [5, 5.41) is 8.53.